The van der Waals surface area contributed by atoms with Gasteiger partial charge < -0.3 is 26.0 Å². The Morgan fingerprint density at radius 2 is 1.94 bits per heavy atom. The number of pyridine rings is 1. The van der Waals surface area contributed by atoms with Crippen molar-refractivity contribution in [3.8, 4) is 11.3 Å². The van der Waals surface area contributed by atoms with Gasteiger partial charge in [0.1, 0.15) is 11.6 Å². The van der Waals surface area contributed by atoms with E-state index in [9.17, 15) is 9.59 Å². The van der Waals surface area contributed by atoms with Crippen LogP contribution >= 0.6 is 0 Å². The number of anilines is 3. The molecular formula is C26H31N7O3. The van der Waals surface area contributed by atoms with E-state index in [4.69, 9.17) is 9.72 Å². The van der Waals surface area contributed by atoms with Crippen LogP contribution in [-0.2, 0) is 18.3 Å². The number of alkyl carbamates (subject to hydrolysis) is 1. The lowest BCUT2D eigenvalue weighted by atomic mass is 9.90. The zero-order chi connectivity index (χ0) is 25.2. The summed E-state index contributed by atoms with van der Waals surface area (Å²) in [5.41, 5.74) is 5.04. The predicted molar refractivity (Wildman–Crippen MR) is 137 cm³/mol. The summed E-state index contributed by atoms with van der Waals surface area (Å²) in [4.78, 5) is 29.9. The Kier molecular flexibility index (Phi) is 6.49. The lowest BCUT2D eigenvalue weighted by Gasteiger charge is -2.33. The lowest BCUT2D eigenvalue weighted by molar-refractivity contribution is 0.0966. The number of fused-ring (bicyclic) bond motifs is 1. The molecule has 0 unspecified atom stereocenters. The van der Waals surface area contributed by atoms with Crippen LogP contribution in [-0.4, -0.2) is 46.0 Å². The van der Waals surface area contributed by atoms with Crippen LogP contribution in [0.25, 0.3) is 11.3 Å². The molecule has 0 saturated heterocycles. The summed E-state index contributed by atoms with van der Waals surface area (Å²) in [6.45, 7) is 2.41. The van der Waals surface area contributed by atoms with E-state index in [-0.39, 0.29) is 18.0 Å². The number of methoxy groups -OCH3 is 1. The number of hydrogen-bond donors (Lipinski definition) is 4. The van der Waals surface area contributed by atoms with Crippen LogP contribution in [0.1, 0.15) is 47.2 Å². The number of nitrogens with zero attached hydrogens (tertiary/aromatic N) is 3. The number of amides is 2. The summed E-state index contributed by atoms with van der Waals surface area (Å²) < 4.78 is 6.64. The average Bonchev–Trinajstić information content (AvgIpc) is 3.46. The molecule has 1 saturated carbocycles. The second kappa shape index (κ2) is 9.88. The van der Waals surface area contributed by atoms with Gasteiger partial charge in [-0.2, -0.15) is 5.10 Å². The molecule has 1 aromatic carbocycles. The molecule has 36 heavy (non-hydrogen) atoms. The van der Waals surface area contributed by atoms with E-state index in [1.165, 1.54) is 7.11 Å². The molecule has 1 aliphatic heterocycles. The van der Waals surface area contributed by atoms with Gasteiger partial charge in [-0.1, -0.05) is 25.0 Å². The number of aryl methyl sites for hydroxylation is 2. The third-order valence-electron chi connectivity index (χ3n) is 6.89. The van der Waals surface area contributed by atoms with Crippen LogP contribution in [0.2, 0.25) is 0 Å². The minimum absolute atomic E-state index is 0.0488. The number of carbonyl (C=O) groups is 2. The molecule has 3 heterocycles. The second-order valence-corrected chi connectivity index (χ2v) is 9.33. The number of hydrogen-bond acceptors (Lipinski definition) is 7. The van der Waals surface area contributed by atoms with Gasteiger partial charge in [-0.05, 0) is 43.5 Å². The first-order valence-electron chi connectivity index (χ1n) is 12.2. The summed E-state index contributed by atoms with van der Waals surface area (Å²) in [5.74, 6) is 0.977. The fraction of sp³-hybridized carbons (Fsp3) is 0.385. The van der Waals surface area contributed by atoms with Crippen molar-refractivity contribution in [1.82, 2.24) is 25.4 Å². The quantitative estimate of drug-likeness (QED) is 0.415. The first-order valence-corrected chi connectivity index (χ1v) is 12.2. The Balaban J connectivity index is 1.61. The zero-order valence-electron chi connectivity index (χ0n) is 20.7. The molecule has 3 aromatic rings. The molecule has 0 radical (unpaired) electrons. The van der Waals surface area contributed by atoms with E-state index in [1.54, 1.807) is 10.9 Å². The maximum Gasteiger partial charge on any atom is 0.407 e. The molecule has 2 aromatic heterocycles. The molecule has 0 bridgehead atoms. The molecule has 2 aliphatic rings. The van der Waals surface area contributed by atoms with Gasteiger partial charge in [0.15, 0.2) is 0 Å². The molecule has 4 N–H and O–H groups in total. The topological polar surface area (TPSA) is 122 Å². The van der Waals surface area contributed by atoms with Crippen LogP contribution in [0.15, 0.2) is 36.5 Å². The van der Waals surface area contributed by atoms with Gasteiger partial charge in [0.2, 0.25) is 0 Å². The van der Waals surface area contributed by atoms with Crippen molar-refractivity contribution in [2.75, 3.05) is 17.7 Å². The first kappa shape index (κ1) is 23.7. The van der Waals surface area contributed by atoms with Crippen molar-refractivity contribution in [3.05, 3.63) is 53.2 Å². The average molecular weight is 490 g/mol. The van der Waals surface area contributed by atoms with Gasteiger partial charge in [-0.3, -0.25) is 9.48 Å². The normalized spacial score (nSPS) is 18.8. The maximum absolute atomic E-state index is 13.0. The number of carbonyl (C=O) groups excluding carboxylic acids is 2. The van der Waals surface area contributed by atoms with E-state index in [0.717, 1.165) is 53.8 Å². The highest BCUT2D eigenvalue weighted by atomic mass is 16.5. The number of aromatic nitrogens is 3. The van der Waals surface area contributed by atoms with E-state index in [1.807, 2.05) is 44.3 Å². The number of ether oxygens (including phenoxy) is 1. The van der Waals surface area contributed by atoms with E-state index < -0.39 is 6.09 Å². The van der Waals surface area contributed by atoms with Crippen molar-refractivity contribution in [2.45, 2.75) is 51.2 Å². The summed E-state index contributed by atoms with van der Waals surface area (Å²) in [5, 5.41) is 17.3. The highest BCUT2D eigenvalue weighted by molar-refractivity contribution is 6.06. The third-order valence-corrected chi connectivity index (χ3v) is 6.89. The van der Waals surface area contributed by atoms with Gasteiger partial charge in [-0.25, -0.2) is 9.78 Å². The fourth-order valence-corrected chi connectivity index (χ4v) is 5.12. The Labute approximate surface area is 209 Å². The Morgan fingerprint density at radius 3 is 2.67 bits per heavy atom. The predicted octanol–water partition coefficient (Wildman–Crippen LogP) is 3.86. The highest BCUT2D eigenvalue weighted by Gasteiger charge is 2.33. The number of benzene rings is 1. The summed E-state index contributed by atoms with van der Waals surface area (Å²) in [6.07, 6.45) is 5.06. The smallest absolute Gasteiger partial charge is 0.407 e. The van der Waals surface area contributed by atoms with Crippen LogP contribution in [0.4, 0.5) is 22.1 Å². The van der Waals surface area contributed by atoms with Crippen LogP contribution in [0.5, 0.6) is 0 Å². The van der Waals surface area contributed by atoms with Gasteiger partial charge in [0, 0.05) is 42.6 Å². The molecule has 10 heteroatoms. The first-order chi connectivity index (χ1) is 17.4. The Bertz CT molecular complexity index is 1300. The molecule has 1 aliphatic carbocycles. The van der Waals surface area contributed by atoms with Crippen molar-refractivity contribution < 1.29 is 14.3 Å². The van der Waals surface area contributed by atoms with Gasteiger partial charge in [-0.15, -0.1) is 0 Å². The number of rotatable bonds is 6. The van der Waals surface area contributed by atoms with Crippen LogP contribution in [0, 0.1) is 6.92 Å². The molecule has 10 nitrogen and oxygen atoms in total. The molecule has 188 valence electrons. The minimum atomic E-state index is -0.445. The third kappa shape index (κ3) is 4.58. The maximum atomic E-state index is 13.0. The van der Waals surface area contributed by atoms with Crippen LogP contribution in [0.3, 0.4) is 0 Å². The second-order valence-electron chi connectivity index (χ2n) is 9.33. The molecular weight excluding hydrogens is 458 g/mol. The van der Waals surface area contributed by atoms with Gasteiger partial charge in [0.05, 0.1) is 24.4 Å². The van der Waals surface area contributed by atoms with Crippen molar-refractivity contribution >= 4 is 29.3 Å². The van der Waals surface area contributed by atoms with Crippen molar-refractivity contribution in [2.24, 2.45) is 7.05 Å². The standard InChI is InChI=1S/C26H31N7O3/c1-15-7-6-8-16(13-15)29-24-22-17(14-27-25(22)34)21(20-11-12-28-33(20)2)23(32-24)30-18-9-4-5-10-19(18)31-26(35)36-3/h6-8,11-13,18-19H,4-5,9-10,14H2,1-3H3,(H,27,34)(H,31,35)(H2,29,30,32)/t18-,19+/m1/s1. The Hall–Kier alpha value is -4.08. The minimum Gasteiger partial charge on any atom is -0.453 e. The van der Waals surface area contributed by atoms with E-state index in [2.05, 4.69) is 26.4 Å². The SMILES string of the molecule is COC(=O)N[C@H]1CCCC[C@H]1Nc1nc(Nc2cccc(C)c2)c2c(c1-c1ccnn1C)CNC2=O. The van der Waals surface area contributed by atoms with E-state index in [0.29, 0.717) is 23.7 Å². The van der Waals surface area contributed by atoms with Crippen LogP contribution < -0.4 is 21.3 Å². The zero-order valence-corrected chi connectivity index (χ0v) is 20.7. The summed E-state index contributed by atoms with van der Waals surface area (Å²) >= 11 is 0. The molecule has 1 fully saturated rings. The number of nitrogens with one attached hydrogen (secondary N) is 4. The molecule has 2 amide bonds. The highest BCUT2D eigenvalue weighted by Crippen LogP contribution is 2.39. The van der Waals surface area contributed by atoms with E-state index >= 15 is 0 Å². The van der Waals surface area contributed by atoms with Gasteiger partial charge >= 0.3 is 6.09 Å². The monoisotopic (exact) mass is 489 g/mol. The van der Waals surface area contributed by atoms with Crippen molar-refractivity contribution in [1.29, 1.82) is 0 Å². The largest absolute Gasteiger partial charge is 0.453 e. The molecule has 0 spiro atoms. The van der Waals surface area contributed by atoms with Crippen molar-refractivity contribution in [3.63, 3.8) is 0 Å². The fourth-order valence-electron chi connectivity index (χ4n) is 5.12. The summed E-state index contributed by atoms with van der Waals surface area (Å²) in [7, 11) is 3.24. The Morgan fingerprint density at radius 1 is 1.14 bits per heavy atom. The molecule has 5 rings (SSSR count). The summed E-state index contributed by atoms with van der Waals surface area (Å²) in [6, 6.07) is 9.72. The molecule has 2 atom stereocenters. The van der Waals surface area contributed by atoms with Gasteiger partial charge in [0.25, 0.3) is 5.91 Å². The lowest BCUT2D eigenvalue weighted by Crippen LogP contribution is -2.48.